The first kappa shape index (κ1) is 23.7. The summed E-state index contributed by atoms with van der Waals surface area (Å²) in [6.45, 7) is 2.33. The Kier molecular flexibility index (Phi) is 7.07. The van der Waals surface area contributed by atoms with Crippen LogP contribution in [0.1, 0.15) is 48.4 Å². The van der Waals surface area contributed by atoms with Gasteiger partial charge >= 0.3 is 0 Å². The summed E-state index contributed by atoms with van der Waals surface area (Å²) in [5.74, 6) is -0.335. The molecule has 7 heteroatoms. The predicted octanol–water partition coefficient (Wildman–Crippen LogP) is 4.57. The Morgan fingerprint density at radius 3 is 2.42 bits per heavy atom. The van der Waals surface area contributed by atoms with Crippen molar-refractivity contribution in [3.63, 3.8) is 0 Å². The molecule has 3 aromatic carbocycles. The van der Waals surface area contributed by atoms with Crippen LogP contribution in [0.25, 0.3) is 11.0 Å². The highest BCUT2D eigenvalue weighted by molar-refractivity contribution is 5.89. The van der Waals surface area contributed by atoms with Gasteiger partial charge in [0.2, 0.25) is 11.8 Å². The first-order valence-electron chi connectivity index (χ1n) is 12.6. The van der Waals surface area contributed by atoms with E-state index in [0.29, 0.717) is 6.54 Å². The van der Waals surface area contributed by atoms with E-state index in [4.69, 9.17) is 0 Å². The maximum absolute atomic E-state index is 13.9. The van der Waals surface area contributed by atoms with E-state index in [0.717, 1.165) is 53.4 Å². The smallest absolute Gasteiger partial charge is 0.247 e. The van der Waals surface area contributed by atoms with Gasteiger partial charge < -0.3 is 10.2 Å². The molecule has 7 nitrogen and oxygen atoms in total. The monoisotopic (exact) mass is 481 g/mol. The van der Waals surface area contributed by atoms with Gasteiger partial charge in [0.15, 0.2) is 0 Å². The summed E-state index contributed by atoms with van der Waals surface area (Å²) in [4.78, 5) is 29.4. The number of amides is 2. The number of para-hydroxylation sites is 1. The number of hydrogen-bond donors (Lipinski definition) is 1. The quantitative estimate of drug-likeness (QED) is 0.400. The van der Waals surface area contributed by atoms with Crippen LogP contribution in [0.5, 0.6) is 0 Å². The Bertz CT molecular complexity index is 1330. The molecule has 1 aromatic heterocycles. The lowest BCUT2D eigenvalue weighted by Crippen LogP contribution is -2.46. The lowest BCUT2D eigenvalue weighted by Gasteiger charge is -2.32. The third-order valence-corrected chi connectivity index (χ3v) is 6.88. The first-order chi connectivity index (χ1) is 17.6. The van der Waals surface area contributed by atoms with Gasteiger partial charge in [-0.2, -0.15) is 0 Å². The Hall–Kier alpha value is -4.00. The van der Waals surface area contributed by atoms with Crippen LogP contribution in [-0.2, 0) is 22.7 Å². The molecule has 0 saturated heterocycles. The molecule has 1 N–H and O–H groups in total. The van der Waals surface area contributed by atoms with Crippen molar-refractivity contribution < 1.29 is 9.59 Å². The van der Waals surface area contributed by atoms with Crippen molar-refractivity contribution in [3.8, 4) is 0 Å². The van der Waals surface area contributed by atoms with Crippen molar-refractivity contribution >= 4 is 22.8 Å². The van der Waals surface area contributed by atoms with E-state index in [1.54, 1.807) is 9.58 Å². The second-order valence-corrected chi connectivity index (χ2v) is 9.55. The number of carbonyl (C=O) groups excluding carboxylic acids is 2. The fourth-order valence-corrected chi connectivity index (χ4v) is 4.93. The lowest BCUT2D eigenvalue weighted by molar-refractivity contribution is -0.142. The summed E-state index contributed by atoms with van der Waals surface area (Å²) >= 11 is 0. The molecule has 1 aliphatic rings. The third kappa shape index (κ3) is 5.30. The molecule has 1 atom stereocenters. The third-order valence-electron chi connectivity index (χ3n) is 6.88. The number of carbonyl (C=O) groups is 2. The molecule has 2 amide bonds. The minimum Gasteiger partial charge on any atom is -0.351 e. The molecule has 0 aliphatic heterocycles. The second kappa shape index (κ2) is 10.7. The number of rotatable bonds is 8. The topological polar surface area (TPSA) is 80.1 Å². The summed E-state index contributed by atoms with van der Waals surface area (Å²) in [6, 6.07) is 24.6. The number of benzene rings is 3. The molecule has 0 spiro atoms. The molecule has 184 valence electrons. The van der Waals surface area contributed by atoms with Gasteiger partial charge in [0.05, 0.1) is 5.52 Å². The van der Waals surface area contributed by atoms with E-state index in [2.05, 4.69) is 15.6 Å². The van der Waals surface area contributed by atoms with Crippen molar-refractivity contribution in [3.05, 3.63) is 95.6 Å². The van der Waals surface area contributed by atoms with Crippen molar-refractivity contribution in [2.45, 2.75) is 57.8 Å². The molecule has 0 radical (unpaired) electrons. The Balaban J connectivity index is 1.51. The molecular weight excluding hydrogens is 450 g/mol. The van der Waals surface area contributed by atoms with Crippen LogP contribution in [0.15, 0.2) is 78.9 Å². The lowest BCUT2D eigenvalue weighted by atomic mass is 10.0. The fourth-order valence-electron chi connectivity index (χ4n) is 4.93. The maximum atomic E-state index is 13.9. The van der Waals surface area contributed by atoms with Crippen molar-refractivity contribution in [1.29, 1.82) is 0 Å². The van der Waals surface area contributed by atoms with Gasteiger partial charge in [0.1, 0.15) is 18.1 Å². The molecule has 36 heavy (non-hydrogen) atoms. The molecular formula is C29H31N5O2. The zero-order chi connectivity index (χ0) is 24.9. The highest BCUT2D eigenvalue weighted by Crippen LogP contribution is 2.26. The first-order valence-corrected chi connectivity index (χ1v) is 12.6. The molecule has 4 aromatic rings. The minimum atomic E-state index is -0.754. The van der Waals surface area contributed by atoms with Crippen molar-refractivity contribution in [2.24, 2.45) is 0 Å². The molecule has 1 heterocycles. The van der Waals surface area contributed by atoms with Gasteiger partial charge in [-0.05, 0) is 43.0 Å². The Morgan fingerprint density at radius 2 is 1.67 bits per heavy atom. The number of fused-ring (bicyclic) bond motifs is 1. The molecule has 1 saturated carbocycles. The van der Waals surface area contributed by atoms with Crippen molar-refractivity contribution in [2.75, 3.05) is 0 Å². The molecule has 5 rings (SSSR count). The van der Waals surface area contributed by atoms with E-state index in [1.165, 1.54) is 0 Å². The number of aryl methyl sites for hydroxylation is 1. The average molecular weight is 482 g/mol. The van der Waals surface area contributed by atoms with E-state index in [1.807, 2.05) is 85.8 Å². The highest BCUT2D eigenvalue weighted by atomic mass is 16.2. The van der Waals surface area contributed by atoms with Crippen LogP contribution in [0.4, 0.5) is 0 Å². The summed E-state index contributed by atoms with van der Waals surface area (Å²) in [7, 11) is 0. The van der Waals surface area contributed by atoms with Gasteiger partial charge in [0, 0.05) is 12.6 Å². The van der Waals surface area contributed by atoms with Crippen LogP contribution in [0, 0.1) is 6.92 Å². The van der Waals surface area contributed by atoms with E-state index in [-0.39, 0.29) is 24.4 Å². The fraction of sp³-hybridized carbons (Fsp3) is 0.310. The number of nitrogens with one attached hydrogen (secondary N) is 1. The van der Waals surface area contributed by atoms with Gasteiger partial charge in [0.25, 0.3) is 0 Å². The number of nitrogens with zero attached hydrogens (tertiary/aromatic N) is 4. The van der Waals surface area contributed by atoms with Gasteiger partial charge in [-0.1, -0.05) is 90.3 Å². The second-order valence-electron chi connectivity index (χ2n) is 9.55. The Morgan fingerprint density at radius 1 is 0.972 bits per heavy atom. The number of hydrogen-bond acceptors (Lipinski definition) is 4. The van der Waals surface area contributed by atoms with Crippen LogP contribution in [0.2, 0.25) is 0 Å². The normalized spacial score (nSPS) is 14.6. The SMILES string of the molecule is Cc1ccc(CN(C(=O)Cn2nnc3ccccc32)[C@@H](C(=O)NC2CCCC2)c2ccccc2)cc1. The van der Waals surface area contributed by atoms with Crippen molar-refractivity contribution in [1.82, 2.24) is 25.2 Å². The van der Waals surface area contributed by atoms with E-state index in [9.17, 15) is 9.59 Å². The van der Waals surface area contributed by atoms with Gasteiger partial charge in [-0.25, -0.2) is 4.68 Å². The van der Waals surface area contributed by atoms with E-state index < -0.39 is 6.04 Å². The Labute approximate surface area is 211 Å². The minimum absolute atomic E-state index is 0.00752. The zero-order valence-corrected chi connectivity index (χ0v) is 20.5. The summed E-state index contributed by atoms with van der Waals surface area (Å²) in [6.07, 6.45) is 4.19. The van der Waals surface area contributed by atoms with Gasteiger partial charge in [-0.3, -0.25) is 9.59 Å². The zero-order valence-electron chi connectivity index (χ0n) is 20.5. The standard InChI is InChI=1S/C29H31N5O2/c1-21-15-17-22(18-16-21)19-33(27(35)20-34-26-14-8-7-13-25(26)31-32-34)28(23-9-3-2-4-10-23)29(36)30-24-11-5-6-12-24/h2-4,7-10,13-18,24,28H,5-6,11-12,19-20H2,1H3,(H,30,36)/t28-/m1/s1. The van der Waals surface area contributed by atoms with E-state index >= 15 is 0 Å². The molecule has 1 aliphatic carbocycles. The van der Waals surface area contributed by atoms with Crippen LogP contribution >= 0.6 is 0 Å². The largest absolute Gasteiger partial charge is 0.351 e. The average Bonchev–Trinajstić information content (AvgIpc) is 3.56. The highest BCUT2D eigenvalue weighted by Gasteiger charge is 2.33. The summed E-state index contributed by atoms with van der Waals surface area (Å²) in [5.41, 5.74) is 4.41. The predicted molar refractivity (Wildman–Crippen MR) is 139 cm³/mol. The molecule has 0 unspecified atom stereocenters. The van der Waals surface area contributed by atoms with Gasteiger partial charge in [-0.15, -0.1) is 5.10 Å². The van der Waals surface area contributed by atoms with Crippen LogP contribution < -0.4 is 5.32 Å². The van der Waals surface area contributed by atoms with Crippen LogP contribution in [-0.4, -0.2) is 37.7 Å². The maximum Gasteiger partial charge on any atom is 0.247 e. The summed E-state index contributed by atoms with van der Waals surface area (Å²) in [5, 5.41) is 11.6. The summed E-state index contributed by atoms with van der Waals surface area (Å²) < 4.78 is 1.61. The molecule has 0 bridgehead atoms. The van der Waals surface area contributed by atoms with Crippen LogP contribution in [0.3, 0.4) is 0 Å². The molecule has 1 fully saturated rings. The number of aromatic nitrogens is 3.